The van der Waals surface area contributed by atoms with E-state index < -0.39 is 0 Å². The van der Waals surface area contributed by atoms with Gasteiger partial charge in [-0.2, -0.15) is 0 Å². The molecule has 0 saturated carbocycles. The van der Waals surface area contributed by atoms with Gasteiger partial charge in [0.25, 0.3) is 0 Å². The minimum Gasteiger partial charge on any atom is -0.308 e. The third-order valence-electron chi connectivity index (χ3n) is 5.33. The molecule has 1 fully saturated rings. The smallest absolute Gasteiger partial charge is 0.0238 e. The van der Waals surface area contributed by atoms with Crippen molar-refractivity contribution in [2.45, 2.75) is 31.5 Å². The monoisotopic (exact) mass is 356 g/mol. The molecule has 0 bridgehead atoms. The maximum atomic E-state index is 3.92. The largest absolute Gasteiger partial charge is 0.308 e. The van der Waals surface area contributed by atoms with Crippen molar-refractivity contribution in [2.75, 3.05) is 13.1 Å². The third kappa shape index (κ3) is 5.29. The number of benzene rings is 3. The highest BCUT2D eigenvalue weighted by molar-refractivity contribution is 5.19. The Balaban J connectivity index is 1.47. The van der Waals surface area contributed by atoms with Gasteiger partial charge in [-0.1, -0.05) is 91.0 Å². The van der Waals surface area contributed by atoms with Crippen LogP contribution in [0.5, 0.6) is 0 Å². The van der Waals surface area contributed by atoms with Crippen LogP contribution in [0.15, 0.2) is 91.0 Å². The Hall–Kier alpha value is -2.42. The SMILES string of the molecule is c1ccc(C[C@H]2CN(Cc3ccccc3)C[C@H](Cc3ccccc3)N2)cc1. The predicted molar refractivity (Wildman–Crippen MR) is 113 cm³/mol. The quantitative estimate of drug-likeness (QED) is 0.708. The van der Waals surface area contributed by atoms with Crippen LogP contribution in [0.2, 0.25) is 0 Å². The first-order valence-electron chi connectivity index (χ1n) is 9.95. The van der Waals surface area contributed by atoms with Crippen molar-refractivity contribution in [3.63, 3.8) is 0 Å². The highest BCUT2D eigenvalue weighted by Crippen LogP contribution is 2.16. The zero-order chi connectivity index (χ0) is 18.3. The van der Waals surface area contributed by atoms with Gasteiger partial charge in [0.1, 0.15) is 0 Å². The molecule has 3 aromatic rings. The molecule has 3 aromatic carbocycles. The molecule has 1 aliphatic rings. The van der Waals surface area contributed by atoms with Crippen LogP contribution in [-0.2, 0) is 19.4 Å². The van der Waals surface area contributed by atoms with E-state index >= 15 is 0 Å². The average Bonchev–Trinajstić information content (AvgIpc) is 2.70. The lowest BCUT2D eigenvalue weighted by atomic mass is 9.97. The topological polar surface area (TPSA) is 15.3 Å². The van der Waals surface area contributed by atoms with Crippen LogP contribution in [0.1, 0.15) is 16.7 Å². The maximum Gasteiger partial charge on any atom is 0.0238 e. The minimum atomic E-state index is 0.485. The summed E-state index contributed by atoms with van der Waals surface area (Å²) in [5.74, 6) is 0. The third-order valence-corrected chi connectivity index (χ3v) is 5.33. The zero-order valence-corrected chi connectivity index (χ0v) is 15.8. The molecular formula is C25H28N2. The summed E-state index contributed by atoms with van der Waals surface area (Å²) in [7, 11) is 0. The standard InChI is InChI=1S/C25H28N2/c1-4-10-21(11-5-1)16-24-19-27(18-23-14-8-3-9-15-23)20-25(26-24)17-22-12-6-2-7-13-22/h1-15,24-26H,16-20H2/t24-,25-/m0/s1. The molecule has 0 aromatic heterocycles. The highest BCUT2D eigenvalue weighted by Gasteiger charge is 2.26. The number of hydrogen-bond donors (Lipinski definition) is 1. The van der Waals surface area contributed by atoms with Gasteiger partial charge in [-0.05, 0) is 29.5 Å². The molecule has 1 N–H and O–H groups in total. The Morgan fingerprint density at radius 2 is 1.00 bits per heavy atom. The fourth-order valence-electron chi connectivity index (χ4n) is 4.15. The molecule has 1 aliphatic heterocycles. The number of nitrogens with one attached hydrogen (secondary N) is 1. The van der Waals surface area contributed by atoms with Crippen LogP contribution in [0.25, 0.3) is 0 Å². The van der Waals surface area contributed by atoms with Gasteiger partial charge in [-0.3, -0.25) is 4.90 Å². The van der Waals surface area contributed by atoms with Gasteiger partial charge < -0.3 is 5.32 Å². The van der Waals surface area contributed by atoms with Crippen molar-refractivity contribution in [3.8, 4) is 0 Å². The molecule has 0 unspecified atom stereocenters. The van der Waals surface area contributed by atoms with Gasteiger partial charge in [0.2, 0.25) is 0 Å². The van der Waals surface area contributed by atoms with Crippen molar-refractivity contribution in [1.29, 1.82) is 0 Å². The molecule has 2 heteroatoms. The van der Waals surface area contributed by atoms with Crippen molar-refractivity contribution >= 4 is 0 Å². The number of hydrogen-bond acceptors (Lipinski definition) is 2. The second-order valence-electron chi connectivity index (χ2n) is 7.62. The highest BCUT2D eigenvalue weighted by atomic mass is 15.2. The van der Waals surface area contributed by atoms with E-state index in [0.29, 0.717) is 12.1 Å². The summed E-state index contributed by atoms with van der Waals surface area (Å²) < 4.78 is 0. The van der Waals surface area contributed by atoms with Gasteiger partial charge in [0, 0.05) is 31.7 Å². The maximum absolute atomic E-state index is 3.92. The van der Waals surface area contributed by atoms with Crippen LogP contribution < -0.4 is 5.32 Å². The molecule has 0 aliphatic carbocycles. The molecule has 1 saturated heterocycles. The lowest BCUT2D eigenvalue weighted by molar-refractivity contribution is 0.152. The van der Waals surface area contributed by atoms with Crippen molar-refractivity contribution in [2.24, 2.45) is 0 Å². The van der Waals surface area contributed by atoms with Crippen LogP contribution in [0, 0.1) is 0 Å². The van der Waals surface area contributed by atoms with Gasteiger partial charge in [0.15, 0.2) is 0 Å². The summed E-state index contributed by atoms with van der Waals surface area (Å²) in [6.45, 7) is 3.21. The van der Waals surface area contributed by atoms with Gasteiger partial charge in [-0.25, -0.2) is 0 Å². The van der Waals surface area contributed by atoms with E-state index in [1.54, 1.807) is 0 Å². The van der Waals surface area contributed by atoms with E-state index in [9.17, 15) is 0 Å². The molecule has 27 heavy (non-hydrogen) atoms. The first kappa shape index (κ1) is 18.0. The summed E-state index contributed by atoms with van der Waals surface area (Å²) in [6, 6.07) is 33.5. The van der Waals surface area contributed by atoms with Crippen LogP contribution in [0.3, 0.4) is 0 Å². The molecule has 2 nitrogen and oxygen atoms in total. The van der Waals surface area contributed by atoms with Crippen LogP contribution >= 0.6 is 0 Å². The van der Waals surface area contributed by atoms with Crippen LogP contribution in [0.4, 0.5) is 0 Å². The van der Waals surface area contributed by atoms with E-state index in [1.165, 1.54) is 16.7 Å². The number of nitrogens with zero attached hydrogens (tertiary/aromatic N) is 1. The van der Waals surface area contributed by atoms with E-state index in [2.05, 4.69) is 101 Å². The van der Waals surface area contributed by atoms with Gasteiger partial charge in [0.05, 0.1) is 0 Å². The molecular weight excluding hydrogens is 328 g/mol. The number of rotatable bonds is 6. The fraction of sp³-hybridized carbons (Fsp3) is 0.280. The molecule has 0 spiro atoms. The van der Waals surface area contributed by atoms with E-state index in [4.69, 9.17) is 0 Å². The first-order chi connectivity index (χ1) is 13.3. The van der Waals surface area contributed by atoms with Crippen LogP contribution in [-0.4, -0.2) is 30.1 Å². The van der Waals surface area contributed by atoms with E-state index in [1.807, 2.05) is 0 Å². The summed E-state index contributed by atoms with van der Waals surface area (Å²) in [4.78, 5) is 2.62. The van der Waals surface area contributed by atoms with E-state index in [0.717, 1.165) is 32.5 Å². The Morgan fingerprint density at radius 1 is 0.593 bits per heavy atom. The van der Waals surface area contributed by atoms with Crippen molar-refractivity contribution < 1.29 is 0 Å². The molecule has 1 heterocycles. The summed E-state index contributed by atoms with van der Waals surface area (Å²) >= 11 is 0. The number of piperazine rings is 1. The van der Waals surface area contributed by atoms with Crippen molar-refractivity contribution in [1.82, 2.24) is 10.2 Å². The average molecular weight is 357 g/mol. The second-order valence-corrected chi connectivity index (χ2v) is 7.62. The summed E-state index contributed by atoms with van der Waals surface area (Å²) in [6.07, 6.45) is 2.16. The first-order valence-corrected chi connectivity index (χ1v) is 9.95. The molecule has 138 valence electrons. The molecule has 2 atom stereocenters. The van der Waals surface area contributed by atoms with Gasteiger partial charge >= 0.3 is 0 Å². The molecule has 4 rings (SSSR count). The Bertz CT molecular complexity index is 683. The normalized spacial score (nSPS) is 20.4. The molecule has 0 radical (unpaired) electrons. The summed E-state index contributed by atoms with van der Waals surface area (Å²) in [5.41, 5.74) is 4.22. The predicted octanol–water partition coefficient (Wildman–Crippen LogP) is 4.31. The zero-order valence-electron chi connectivity index (χ0n) is 15.8. The Morgan fingerprint density at radius 3 is 1.44 bits per heavy atom. The lowest BCUT2D eigenvalue weighted by Gasteiger charge is -2.39. The van der Waals surface area contributed by atoms with Gasteiger partial charge in [-0.15, -0.1) is 0 Å². The van der Waals surface area contributed by atoms with Crippen molar-refractivity contribution in [3.05, 3.63) is 108 Å². The second kappa shape index (κ2) is 8.98. The van der Waals surface area contributed by atoms with E-state index in [-0.39, 0.29) is 0 Å². The summed E-state index contributed by atoms with van der Waals surface area (Å²) in [5, 5.41) is 3.92. The lowest BCUT2D eigenvalue weighted by Crippen LogP contribution is -2.57. The Kier molecular flexibility index (Phi) is 5.98. The molecule has 0 amide bonds. The minimum absolute atomic E-state index is 0.485. The fourth-order valence-corrected chi connectivity index (χ4v) is 4.15. The Labute approximate surface area is 162 Å².